The van der Waals surface area contributed by atoms with Crippen LogP contribution in [0.4, 0.5) is 5.69 Å². The van der Waals surface area contributed by atoms with Crippen LogP contribution in [0.15, 0.2) is 24.3 Å². The average molecular weight is 266 g/mol. The predicted octanol–water partition coefficient (Wildman–Crippen LogP) is 2.28. The standard InChI is InChI=1S/C13H18N2O4/c1-3-6-10(2)14-13(16)9-19-12-8-5-4-7-11(12)15(17)18/h4-5,7-8,10H,3,6,9H2,1-2H3,(H,14,16). The summed E-state index contributed by atoms with van der Waals surface area (Å²) in [6.45, 7) is 3.72. The highest BCUT2D eigenvalue weighted by Gasteiger charge is 2.15. The fraction of sp³-hybridized carbons (Fsp3) is 0.462. The third-order valence-electron chi connectivity index (χ3n) is 2.55. The molecule has 0 aliphatic heterocycles. The molecule has 0 radical (unpaired) electrons. The van der Waals surface area contributed by atoms with Gasteiger partial charge in [0.05, 0.1) is 4.92 Å². The molecule has 1 rings (SSSR count). The van der Waals surface area contributed by atoms with Gasteiger partial charge in [-0.3, -0.25) is 14.9 Å². The molecule has 0 aliphatic rings. The van der Waals surface area contributed by atoms with Crippen molar-refractivity contribution in [2.24, 2.45) is 0 Å². The highest BCUT2D eigenvalue weighted by atomic mass is 16.6. The largest absolute Gasteiger partial charge is 0.477 e. The molecule has 1 N–H and O–H groups in total. The first-order valence-electron chi connectivity index (χ1n) is 6.20. The van der Waals surface area contributed by atoms with Gasteiger partial charge in [0.25, 0.3) is 5.91 Å². The van der Waals surface area contributed by atoms with Crippen LogP contribution in [0.5, 0.6) is 5.75 Å². The Hall–Kier alpha value is -2.11. The Bertz CT molecular complexity index is 448. The molecule has 0 aliphatic carbocycles. The van der Waals surface area contributed by atoms with Crippen LogP contribution >= 0.6 is 0 Å². The number of carbonyl (C=O) groups excluding carboxylic acids is 1. The molecule has 0 spiro atoms. The number of hydrogen-bond acceptors (Lipinski definition) is 4. The minimum atomic E-state index is -0.535. The second-order valence-electron chi connectivity index (χ2n) is 4.27. The Morgan fingerprint density at radius 1 is 1.47 bits per heavy atom. The summed E-state index contributed by atoms with van der Waals surface area (Å²) < 4.78 is 5.19. The van der Waals surface area contributed by atoms with Crippen LogP contribution in [0, 0.1) is 10.1 Å². The number of para-hydroxylation sites is 2. The van der Waals surface area contributed by atoms with Crippen molar-refractivity contribution in [3.8, 4) is 5.75 Å². The second kappa shape index (κ2) is 7.35. The molecule has 1 atom stereocenters. The van der Waals surface area contributed by atoms with Crippen molar-refractivity contribution in [2.45, 2.75) is 32.7 Å². The van der Waals surface area contributed by atoms with Gasteiger partial charge in [-0.25, -0.2) is 0 Å². The Kier molecular flexibility index (Phi) is 5.78. The summed E-state index contributed by atoms with van der Waals surface area (Å²) in [6.07, 6.45) is 1.86. The normalized spacial score (nSPS) is 11.7. The van der Waals surface area contributed by atoms with Gasteiger partial charge in [-0.1, -0.05) is 25.5 Å². The fourth-order valence-electron chi connectivity index (χ4n) is 1.70. The molecular weight excluding hydrogens is 248 g/mol. The maximum absolute atomic E-state index is 11.6. The third-order valence-corrected chi connectivity index (χ3v) is 2.55. The molecule has 1 aromatic rings. The van der Waals surface area contributed by atoms with E-state index < -0.39 is 4.92 Å². The maximum Gasteiger partial charge on any atom is 0.310 e. The molecule has 1 unspecified atom stereocenters. The van der Waals surface area contributed by atoms with Crippen LogP contribution in [-0.4, -0.2) is 23.5 Å². The molecule has 1 aromatic carbocycles. The molecule has 0 saturated heterocycles. The minimum absolute atomic E-state index is 0.0758. The van der Waals surface area contributed by atoms with E-state index in [9.17, 15) is 14.9 Å². The number of benzene rings is 1. The first-order chi connectivity index (χ1) is 9.04. The van der Waals surface area contributed by atoms with Gasteiger partial charge in [0.2, 0.25) is 0 Å². The van der Waals surface area contributed by atoms with Crippen molar-refractivity contribution in [2.75, 3.05) is 6.61 Å². The predicted molar refractivity (Wildman–Crippen MR) is 71.1 cm³/mol. The van der Waals surface area contributed by atoms with E-state index in [2.05, 4.69) is 5.32 Å². The Balaban J connectivity index is 2.53. The monoisotopic (exact) mass is 266 g/mol. The lowest BCUT2D eigenvalue weighted by Gasteiger charge is -2.13. The fourth-order valence-corrected chi connectivity index (χ4v) is 1.70. The van der Waals surface area contributed by atoms with Crippen LogP contribution in [0.3, 0.4) is 0 Å². The smallest absolute Gasteiger partial charge is 0.310 e. The van der Waals surface area contributed by atoms with E-state index >= 15 is 0 Å². The number of nitrogens with zero attached hydrogens (tertiary/aromatic N) is 1. The third kappa shape index (κ3) is 4.95. The highest BCUT2D eigenvalue weighted by molar-refractivity contribution is 5.77. The maximum atomic E-state index is 11.6. The van der Waals surface area contributed by atoms with Gasteiger partial charge >= 0.3 is 5.69 Å². The van der Waals surface area contributed by atoms with Gasteiger partial charge in [0.1, 0.15) is 0 Å². The second-order valence-corrected chi connectivity index (χ2v) is 4.27. The molecule has 0 aromatic heterocycles. The van der Waals surface area contributed by atoms with Gasteiger partial charge in [-0.15, -0.1) is 0 Å². The van der Waals surface area contributed by atoms with Crippen LogP contribution in [0.25, 0.3) is 0 Å². The molecule has 0 fully saturated rings. The van der Waals surface area contributed by atoms with E-state index in [0.29, 0.717) is 0 Å². The zero-order valence-electron chi connectivity index (χ0n) is 11.1. The number of nitrogens with one attached hydrogen (secondary N) is 1. The van der Waals surface area contributed by atoms with E-state index in [4.69, 9.17) is 4.74 Å². The van der Waals surface area contributed by atoms with E-state index in [-0.39, 0.29) is 30.0 Å². The first kappa shape index (κ1) is 14.9. The van der Waals surface area contributed by atoms with Crippen molar-refractivity contribution in [1.82, 2.24) is 5.32 Å². The average Bonchev–Trinajstić information content (AvgIpc) is 2.36. The molecule has 19 heavy (non-hydrogen) atoms. The lowest BCUT2D eigenvalue weighted by molar-refractivity contribution is -0.385. The summed E-state index contributed by atoms with van der Waals surface area (Å²) >= 11 is 0. The molecule has 0 heterocycles. The van der Waals surface area contributed by atoms with Crippen molar-refractivity contribution < 1.29 is 14.5 Å². The molecule has 6 heteroatoms. The van der Waals surface area contributed by atoms with Crippen molar-refractivity contribution in [3.05, 3.63) is 34.4 Å². The van der Waals surface area contributed by atoms with Crippen molar-refractivity contribution in [1.29, 1.82) is 0 Å². The summed E-state index contributed by atoms with van der Waals surface area (Å²) in [5, 5.41) is 13.5. The number of ether oxygens (including phenoxy) is 1. The summed E-state index contributed by atoms with van der Waals surface area (Å²) in [5.74, 6) is -0.176. The summed E-state index contributed by atoms with van der Waals surface area (Å²) in [4.78, 5) is 21.8. The van der Waals surface area contributed by atoms with E-state index in [0.717, 1.165) is 12.8 Å². The summed E-state index contributed by atoms with van der Waals surface area (Å²) in [5.41, 5.74) is -0.142. The summed E-state index contributed by atoms with van der Waals surface area (Å²) in [7, 11) is 0. The molecule has 0 saturated carbocycles. The molecule has 0 bridgehead atoms. The lowest BCUT2D eigenvalue weighted by atomic mass is 10.2. The zero-order valence-corrected chi connectivity index (χ0v) is 11.1. The van der Waals surface area contributed by atoms with Gasteiger partial charge in [0, 0.05) is 12.1 Å². The van der Waals surface area contributed by atoms with E-state index in [1.54, 1.807) is 12.1 Å². The van der Waals surface area contributed by atoms with Crippen LogP contribution < -0.4 is 10.1 Å². The van der Waals surface area contributed by atoms with Gasteiger partial charge in [0.15, 0.2) is 12.4 Å². The van der Waals surface area contributed by atoms with Crippen LogP contribution in [-0.2, 0) is 4.79 Å². The SMILES string of the molecule is CCCC(C)NC(=O)COc1ccccc1[N+](=O)[O-]. The van der Waals surface area contributed by atoms with E-state index in [1.807, 2.05) is 13.8 Å². The quantitative estimate of drug-likeness (QED) is 0.606. The number of rotatable bonds is 7. The lowest BCUT2D eigenvalue weighted by Crippen LogP contribution is -2.36. The number of amides is 1. The van der Waals surface area contributed by atoms with Crippen molar-refractivity contribution in [3.63, 3.8) is 0 Å². The van der Waals surface area contributed by atoms with Crippen molar-refractivity contribution >= 4 is 11.6 Å². The van der Waals surface area contributed by atoms with Crippen LogP contribution in [0.2, 0.25) is 0 Å². The van der Waals surface area contributed by atoms with E-state index in [1.165, 1.54) is 12.1 Å². The molecule has 1 amide bonds. The number of carbonyl (C=O) groups is 1. The molecule has 104 valence electrons. The first-order valence-corrected chi connectivity index (χ1v) is 6.20. The van der Waals surface area contributed by atoms with Gasteiger partial charge < -0.3 is 10.1 Å². The van der Waals surface area contributed by atoms with Crippen LogP contribution in [0.1, 0.15) is 26.7 Å². The number of nitro benzene ring substituents is 1. The topological polar surface area (TPSA) is 81.5 Å². The number of nitro groups is 1. The Morgan fingerprint density at radius 3 is 2.79 bits per heavy atom. The molecule has 6 nitrogen and oxygen atoms in total. The zero-order chi connectivity index (χ0) is 14.3. The highest BCUT2D eigenvalue weighted by Crippen LogP contribution is 2.25. The Labute approximate surface area is 111 Å². The minimum Gasteiger partial charge on any atom is -0.477 e. The number of hydrogen-bond donors (Lipinski definition) is 1. The van der Waals surface area contributed by atoms with Gasteiger partial charge in [-0.2, -0.15) is 0 Å². The molecular formula is C13H18N2O4. The van der Waals surface area contributed by atoms with Gasteiger partial charge in [-0.05, 0) is 19.4 Å². The Morgan fingerprint density at radius 2 is 2.16 bits per heavy atom. The summed E-state index contributed by atoms with van der Waals surface area (Å²) in [6, 6.07) is 6.06.